The van der Waals surface area contributed by atoms with E-state index in [0.717, 1.165) is 17.5 Å². The minimum absolute atomic E-state index is 0.254. The van der Waals surface area contributed by atoms with Crippen LogP contribution in [-0.2, 0) is 0 Å². The van der Waals surface area contributed by atoms with E-state index < -0.39 is 11.2 Å². The SMILES string of the molecule is C=Cn1nc(-c2c[nH]c(=O)[nH]c2=O)cc([C@H]2C[C@@H]2c2ccc3ncsc3c2)c1=NC. The predicted octanol–water partition coefficient (Wildman–Crippen LogP) is 2.44. The molecule has 1 aliphatic rings. The highest BCUT2D eigenvalue weighted by molar-refractivity contribution is 7.16. The van der Waals surface area contributed by atoms with E-state index in [1.165, 1.54) is 16.5 Å². The Balaban J connectivity index is 1.61. The molecule has 3 heterocycles. The van der Waals surface area contributed by atoms with Gasteiger partial charge in [0.15, 0.2) is 5.49 Å². The molecule has 9 heteroatoms. The number of nitrogens with zero attached hydrogens (tertiary/aromatic N) is 4. The molecule has 2 atom stereocenters. The van der Waals surface area contributed by atoms with Gasteiger partial charge in [-0.1, -0.05) is 12.6 Å². The first-order valence-corrected chi connectivity index (χ1v) is 10.3. The van der Waals surface area contributed by atoms with Crippen LogP contribution in [0, 0.1) is 0 Å². The number of nitrogens with one attached hydrogen (secondary N) is 2. The van der Waals surface area contributed by atoms with E-state index in [9.17, 15) is 9.59 Å². The molecule has 0 saturated heterocycles. The van der Waals surface area contributed by atoms with Crippen LogP contribution in [0.4, 0.5) is 0 Å². The van der Waals surface area contributed by atoms with Crippen molar-refractivity contribution < 1.29 is 0 Å². The summed E-state index contributed by atoms with van der Waals surface area (Å²) in [5, 5.41) is 4.48. The van der Waals surface area contributed by atoms with E-state index in [0.29, 0.717) is 17.1 Å². The average molecular weight is 418 g/mol. The standard InChI is InChI=1S/C21H18N6O2S/c1-3-27-19(22-2)14(8-17(26-27)15-9-23-21(29)25-20(15)28)13-7-12(13)11-4-5-16-18(6-11)30-10-24-16/h3-6,8-10,12-13H,1,7H2,2H3,(H2,23,25,28,29)/t12-,13+/m1/s1. The van der Waals surface area contributed by atoms with Crippen LogP contribution in [0.1, 0.15) is 29.4 Å². The van der Waals surface area contributed by atoms with E-state index in [-0.39, 0.29) is 11.5 Å². The van der Waals surface area contributed by atoms with Crippen LogP contribution in [-0.4, -0.2) is 31.8 Å². The summed E-state index contributed by atoms with van der Waals surface area (Å²) in [6.45, 7) is 3.83. The lowest BCUT2D eigenvalue weighted by Gasteiger charge is -2.10. The van der Waals surface area contributed by atoms with Gasteiger partial charge >= 0.3 is 5.69 Å². The van der Waals surface area contributed by atoms with Crippen molar-refractivity contribution in [3.8, 4) is 11.3 Å². The van der Waals surface area contributed by atoms with Gasteiger partial charge < -0.3 is 4.98 Å². The molecule has 0 aliphatic heterocycles. The first-order chi connectivity index (χ1) is 14.6. The molecule has 30 heavy (non-hydrogen) atoms. The lowest BCUT2D eigenvalue weighted by molar-refractivity contribution is 0.795. The third-order valence-corrected chi connectivity index (χ3v) is 6.23. The second-order valence-corrected chi connectivity index (χ2v) is 8.06. The third-order valence-electron chi connectivity index (χ3n) is 5.44. The fraction of sp³-hybridized carbons (Fsp3) is 0.190. The number of H-pyrrole nitrogens is 2. The third kappa shape index (κ3) is 3.03. The molecule has 0 spiro atoms. The molecule has 150 valence electrons. The molecule has 5 rings (SSSR count). The topological polar surface area (TPSA) is 109 Å². The maximum atomic E-state index is 12.3. The van der Waals surface area contributed by atoms with Gasteiger partial charge in [-0.25, -0.2) is 14.5 Å². The number of aromatic amines is 2. The zero-order chi connectivity index (χ0) is 20.8. The molecule has 0 unspecified atom stereocenters. The van der Waals surface area contributed by atoms with Gasteiger partial charge in [0.25, 0.3) is 5.56 Å². The maximum absolute atomic E-state index is 12.3. The van der Waals surface area contributed by atoms with Crippen LogP contribution in [0.25, 0.3) is 27.7 Å². The molecule has 1 fully saturated rings. The van der Waals surface area contributed by atoms with Gasteiger partial charge in [0.1, 0.15) is 0 Å². The zero-order valence-electron chi connectivity index (χ0n) is 16.1. The summed E-state index contributed by atoms with van der Waals surface area (Å²) < 4.78 is 2.76. The fourth-order valence-corrected chi connectivity index (χ4v) is 4.63. The van der Waals surface area contributed by atoms with Crippen molar-refractivity contribution in [2.45, 2.75) is 18.3 Å². The normalized spacial score (nSPS) is 18.6. The fourth-order valence-electron chi connectivity index (χ4n) is 3.91. The molecule has 1 saturated carbocycles. The maximum Gasteiger partial charge on any atom is 0.325 e. The molecule has 2 N–H and O–H groups in total. The number of rotatable bonds is 4. The summed E-state index contributed by atoms with van der Waals surface area (Å²) in [7, 11) is 1.72. The van der Waals surface area contributed by atoms with Gasteiger partial charge in [-0.05, 0) is 42.0 Å². The number of benzene rings is 1. The van der Waals surface area contributed by atoms with Crippen LogP contribution in [0.3, 0.4) is 0 Å². The van der Waals surface area contributed by atoms with Crippen molar-refractivity contribution in [1.29, 1.82) is 0 Å². The minimum Gasteiger partial charge on any atom is -0.313 e. The Morgan fingerprint density at radius 1 is 1.30 bits per heavy atom. The second kappa shape index (κ2) is 7.03. The molecular formula is C21H18N6O2S. The van der Waals surface area contributed by atoms with Crippen molar-refractivity contribution in [2.24, 2.45) is 4.99 Å². The smallest absolute Gasteiger partial charge is 0.313 e. The highest BCUT2D eigenvalue weighted by Crippen LogP contribution is 2.54. The number of fused-ring (bicyclic) bond motifs is 1. The van der Waals surface area contributed by atoms with Gasteiger partial charge in [-0.3, -0.25) is 14.8 Å². The zero-order valence-corrected chi connectivity index (χ0v) is 16.9. The highest BCUT2D eigenvalue weighted by atomic mass is 32.1. The number of hydrogen-bond donors (Lipinski definition) is 2. The summed E-state index contributed by atoms with van der Waals surface area (Å²) in [6, 6.07) is 8.28. The molecule has 0 amide bonds. The molecule has 3 aromatic heterocycles. The molecule has 1 aliphatic carbocycles. The monoisotopic (exact) mass is 418 g/mol. The summed E-state index contributed by atoms with van der Waals surface area (Å²) in [6.07, 6.45) is 3.93. The van der Waals surface area contributed by atoms with Crippen LogP contribution in [0.5, 0.6) is 0 Å². The van der Waals surface area contributed by atoms with Crippen LogP contribution < -0.4 is 16.7 Å². The molecule has 8 nitrogen and oxygen atoms in total. The quantitative estimate of drug-likeness (QED) is 0.530. The van der Waals surface area contributed by atoms with Gasteiger partial charge in [0.05, 0.1) is 27.0 Å². The summed E-state index contributed by atoms with van der Waals surface area (Å²) in [5.41, 5.74) is 5.55. The van der Waals surface area contributed by atoms with Crippen molar-refractivity contribution >= 4 is 27.8 Å². The largest absolute Gasteiger partial charge is 0.325 e. The summed E-state index contributed by atoms with van der Waals surface area (Å²) >= 11 is 1.64. The summed E-state index contributed by atoms with van der Waals surface area (Å²) in [4.78, 5) is 37.2. The number of thiazole rings is 1. The van der Waals surface area contributed by atoms with Crippen molar-refractivity contribution in [1.82, 2.24) is 24.7 Å². The Hall–Kier alpha value is -3.59. The first kappa shape index (κ1) is 18.4. The van der Waals surface area contributed by atoms with Gasteiger partial charge in [0, 0.05) is 25.0 Å². The molecule has 0 radical (unpaired) electrons. The summed E-state index contributed by atoms with van der Waals surface area (Å²) in [5.74, 6) is 0.614. The first-order valence-electron chi connectivity index (χ1n) is 9.43. The number of aromatic nitrogens is 5. The Morgan fingerprint density at radius 2 is 2.17 bits per heavy atom. The van der Waals surface area contributed by atoms with Crippen LogP contribution >= 0.6 is 11.3 Å². The second-order valence-electron chi connectivity index (χ2n) is 7.17. The van der Waals surface area contributed by atoms with Crippen molar-refractivity contribution in [2.75, 3.05) is 7.05 Å². The predicted molar refractivity (Wildman–Crippen MR) is 116 cm³/mol. The Bertz CT molecular complexity index is 1480. The molecule has 1 aromatic carbocycles. The molecule has 4 aromatic rings. The van der Waals surface area contributed by atoms with Crippen LogP contribution in [0.15, 0.2) is 57.1 Å². The van der Waals surface area contributed by atoms with E-state index in [4.69, 9.17) is 0 Å². The number of hydrogen-bond acceptors (Lipinski definition) is 6. The molecular weight excluding hydrogens is 400 g/mol. The Morgan fingerprint density at radius 3 is 2.93 bits per heavy atom. The van der Waals surface area contributed by atoms with E-state index in [1.54, 1.807) is 29.3 Å². The van der Waals surface area contributed by atoms with E-state index >= 15 is 0 Å². The van der Waals surface area contributed by atoms with E-state index in [1.807, 2.05) is 11.6 Å². The lowest BCUT2D eigenvalue weighted by atomic mass is 10.0. The van der Waals surface area contributed by atoms with Gasteiger partial charge in [-0.15, -0.1) is 11.3 Å². The van der Waals surface area contributed by atoms with Gasteiger partial charge in [0.2, 0.25) is 0 Å². The Labute approximate surface area is 174 Å². The minimum atomic E-state index is -0.554. The highest BCUT2D eigenvalue weighted by Gasteiger charge is 2.41. The van der Waals surface area contributed by atoms with E-state index in [2.05, 4.69) is 49.8 Å². The van der Waals surface area contributed by atoms with Gasteiger partial charge in [-0.2, -0.15) is 5.10 Å². The van der Waals surface area contributed by atoms with Crippen LogP contribution in [0.2, 0.25) is 0 Å². The Kier molecular flexibility index (Phi) is 4.32. The lowest BCUT2D eigenvalue weighted by Crippen LogP contribution is -2.27. The van der Waals surface area contributed by atoms with Crippen molar-refractivity contribution in [3.05, 3.63) is 80.0 Å². The average Bonchev–Trinajstić information content (AvgIpc) is 3.41. The molecule has 0 bridgehead atoms. The van der Waals surface area contributed by atoms with Crippen molar-refractivity contribution in [3.63, 3.8) is 0 Å².